The second-order valence-electron chi connectivity index (χ2n) is 4.38. The van der Waals surface area contributed by atoms with Gasteiger partial charge in [-0.15, -0.1) is 0 Å². The molecule has 0 aliphatic rings. The second-order valence-corrected chi connectivity index (χ2v) is 5.15. The summed E-state index contributed by atoms with van der Waals surface area (Å²) in [5, 5.41) is 0. The van der Waals surface area contributed by atoms with E-state index in [4.69, 9.17) is 9.79 Å². The number of nitrogens with zero attached hydrogens (tertiary/aromatic N) is 1. The predicted molar refractivity (Wildman–Crippen MR) is 54.3 cm³/mol. The average molecular weight is 209 g/mol. The van der Waals surface area contributed by atoms with Crippen molar-refractivity contribution in [2.45, 2.75) is 20.8 Å². The van der Waals surface area contributed by atoms with Crippen LogP contribution in [-0.2, 0) is 4.52 Å². The fourth-order valence-corrected chi connectivity index (χ4v) is 1.41. The Hall–Kier alpha value is 0.270. The third-order valence-electron chi connectivity index (χ3n) is 1.42. The predicted octanol–water partition coefficient (Wildman–Crippen LogP) is 1.19. The molecule has 4 nitrogen and oxygen atoms in total. The van der Waals surface area contributed by atoms with Crippen LogP contribution < -0.4 is 0 Å². The van der Waals surface area contributed by atoms with Gasteiger partial charge in [-0.3, -0.25) is 0 Å². The van der Waals surface area contributed by atoms with Crippen LogP contribution in [0.5, 0.6) is 0 Å². The van der Waals surface area contributed by atoms with E-state index in [0.717, 1.165) is 13.1 Å². The van der Waals surface area contributed by atoms with E-state index >= 15 is 0 Å². The van der Waals surface area contributed by atoms with Gasteiger partial charge in [0, 0.05) is 13.1 Å². The number of rotatable bonds is 5. The molecule has 0 rings (SSSR count). The first-order valence-corrected chi connectivity index (χ1v) is 5.47. The molecule has 80 valence electrons. The minimum absolute atomic E-state index is 0.262. The van der Waals surface area contributed by atoms with Crippen LogP contribution in [0.15, 0.2) is 0 Å². The standard InChI is InChI=1S/C8H20NO3P/c1-8(2,3)7-9(4)5-6-12-13(10)11/h10-11H,5-7H2,1-4H3. The van der Waals surface area contributed by atoms with Crippen LogP contribution in [0.2, 0.25) is 0 Å². The van der Waals surface area contributed by atoms with Crippen molar-refractivity contribution in [3.63, 3.8) is 0 Å². The summed E-state index contributed by atoms with van der Waals surface area (Å²) in [6, 6.07) is 0. The van der Waals surface area contributed by atoms with E-state index < -0.39 is 8.60 Å². The van der Waals surface area contributed by atoms with Gasteiger partial charge >= 0.3 is 8.60 Å². The van der Waals surface area contributed by atoms with Gasteiger partial charge in [0.1, 0.15) is 0 Å². The van der Waals surface area contributed by atoms with Crippen molar-refractivity contribution in [1.29, 1.82) is 0 Å². The fraction of sp³-hybridized carbons (Fsp3) is 1.00. The van der Waals surface area contributed by atoms with Crippen molar-refractivity contribution >= 4 is 8.60 Å². The Morgan fingerprint density at radius 1 is 1.31 bits per heavy atom. The first kappa shape index (κ1) is 13.3. The zero-order valence-electron chi connectivity index (χ0n) is 8.82. The van der Waals surface area contributed by atoms with Crippen LogP contribution >= 0.6 is 8.60 Å². The zero-order chi connectivity index (χ0) is 10.5. The molecule has 0 aromatic rings. The highest BCUT2D eigenvalue weighted by molar-refractivity contribution is 7.39. The average Bonchev–Trinajstić information content (AvgIpc) is 1.81. The molecule has 13 heavy (non-hydrogen) atoms. The molecular formula is C8H20NO3P. The van der Waals surface area contributed by atoms with Crippen LogP contribution in [0.3, 0.4) is 0 Å². The van der Waals surface area contributed by atoms with Crippen molar-refractivity contribution in [2.24, 2.45) is 5.41 Å². The smallest absolute Gasteiger partial charge is 0.327 e. The molecule has 0 saturated heterocycles. The fourth-order valence-electron chi connectivity index (χ4n) is 1.17. The maximum atomic E-state index is 8.48. The summed E-state index contributed by atoms with van der Waals surface area (Å²) in [7, 11) is -0.199. The van der Waals surface area contributed by atoms with E-state index in [-0.39, 0.29) is 5.41 Å². The van der Waals surface area contributed by atoms with Crippen molar-refractivity contribution in [2.75, 3.05) is 26.7 Å². The van der Waals surface area contributed by atoms with Crippen molar-refractivity contribution in [1.82, 2.24) is 4.90 Å². The molecule has 0 atom stereocenters. The van der Waals surface area contributed by atoms with E-state index in [1.54, 1.807) is 0 Å². The molecule has 0 fully saturated rings. The molecule has 0 saturated carbocycles. The lowest BCUT2D eigenvalue weighted by molar-refractivity contribution is 0.176. The number of hydrogen-bond acceptors (Lipinski definition) is 4. The van der Waals surface area contributed by atoms with Crippen LogP contribution in [0.1, 0.15) is 20.8 Å². The monoisotopic (exact) mass is 209 g/mol. The summed E-state index contributed by atoms with van der Waals surface area (Å²) in [5.41, 5.74) is 0.262. The topological polar surface area (TPSA) is 52.9 Å². The van der Waals surface area contributed by atoms with E-state index in [0.29, 0.717) is 6.61 Å². The summed E-state index contributed by atoms with van der Waals surface area (Å²) in [5.74, 6) is 0. The third kappa shape index (κ3) is 10.2. The maximum Gasteiger partial charge on any atom is 0.327 e. The molecule has 0 aliphatic carbocycles. The van der Waals surface area contributed by atoms with Crippen LogP contribution in [0.25, 0.3) is 0 Å². The Labute approximate surface area is 81.5 Å². The van der Waals surface area contributed by atoms with Crippen LogP contribution in [-0.4, -0.2) is 41.4 Å². The number of likely N-dealkylation sites (N-methyl/N-ethyl adjacent to an activating group) is 1. The highest BCUT2D eigenvalue weighted by Crippen LogP contribution is 2.23. The Balaban J connectivity index is 3.46. The first-order chi connectivity index (χ1) is 5.81. The van der Waals surface area contributed by atoms with E-state index in [1.165, 1.54) is 0 Å². The molecular weight excluding hydrogens is 189 g/mol. The second kappa shape index (κ2) is 5.89. The first-order valence-electron chi connectivity index (χ1n) is 4.30. The molecule has 2 N–H and O–H groups in total. The normalized spacial score (nSPS) is 12.9. The molecule has 0 aromatic carbocycles. The van der Waals surface area contributed by atoms with E-state index in [2.05, 4.69) is 30.2 Å². The molecule has 0 heterocycles. The van der Waals surface area contributed by atoms with E-state index in [1.807, 2.05) is 7.05 Å². The van der Waals surface area contributed by atoms with Gasteiger partial charge in [0.2, 0.25) is 0 Å². The molecule has 0 bridgehead atoms. The van der Waals surface area contributed by atoms with Gasteiger partial charge in [0.05, 0.1) is 6.61 Å². The lowest BCUT2D eigenvalue weighted by Crippen LogP contribution is -2.31. The molecule has 0 unspecified atom stereocenters. The third-order valence-corrected chi connectivity index (χ3v) is 1.84. The maximum absolute atomic E-state index is 8.48. The van der Waals surface area contributed by atoms with Gasteiger partial charge in [-0.2, -0.15) is 0 Å². The van der Waals surface area contributed by atoms with Crippen molar-refractivity contribution in [3.8, 4) is 0 Å². The molecule has 5 heteroatoms. The largest absolute Gasteiger partial charge is 0.328 e. The van der Waals surface area contributed by atoms with Crippen molar-refractivity contribution in [3.05, 3.63) is 0 Å². The van der Waals surface area contributed by atoms with Crippen LogP contribution in [0.4, 0.5) is 0 Å². The molecule has 0 amide bonds. The van der Waals surface area contributed by atoms with Gasteiger partial charge in [-0.1, -0.05) is 20.8 Å². The SMILES string of the molecule is CN(CCOP(O)O)CC(C)(C)C. The highest BCUT2D eigenvalue weighted by Gasteiger charge is 2.13. The summed E-state index contributed by atoms with van der Waals surface area (Å²) in [4.78, 5) is 19.1. The van der Waals surface area contributed by atoms with E-state index in [9.17, 15) is 0 Å². The van der Waals surface area contributed by atoms with Gasteiger partial charge in [0.15, 0.2) is 0 Å². The lowest BCUT2D eigenvalue weighted by atomic mass is 9.96. The summed E-state index contributed by atoms with van der Waals surface area (Å²) in [6.45, 7) is 8.54. The molecule has 0 spiro atoms. The van der Waals surface area contributed by atoms with Gasteiger partial charge < -0.3 is 19.2 Å². The quantitative estimate of drug-likeness (QED) is 0.668. The van der Waals surface area contributed by atoms with Crippen LogP contribution in [0, 0.1) is 5.41 Å². The minimum atomic E-state index is -2.19. The zero-order valence-corrected chi connectivity index (χ0v) is 9.71. The lowest BCUT2D eigenvalue weighted by Gasteiger charge is -2.26. The van der Waals surface area contributed by atoms with Gasteiger partial charge in [-0.25, -0.2) is 0 Å². The molecule has 0 aromatic heterocycles. The summed E-state index contributed by atoms with van der Waals surface area (Å²) in [6.07, 6.45) is 0. The summed E-state index contributed by atoms with van der Waals surface area (Å²) >= 11 is 0. The van der Waals surface area contributed by atoms with Crippen molar-refractivity contribution < 1.29 is 14.3 Å². The number of hydrogen-bond donors (Lipinski definition) is 2. The summed E-state index contributed by atoms with van der Waals surface area (Å²) < 4.78 is 4.66. The Bertz CT molecular complexity index is 136. The molecule has 0 aliphatic heterocycles. The van der Waals surface area contributed by atoms with Gasteiger partial charge in [0.25, 0.3) is 0 Å². The Morgan fingerprint density at radius 2 is 1.85 bits per heavy atom. The minimum Gasteiger partial charge on any atom is -0.328 e. The molecule has 0 radical (unpaired) electrons. The van der Waals surface area contributed by atoms with Gasteiger partial charge in [-0.05, 0) is 12.5 Å². The Kier molecular flexibility index (Phi) is 6.01. The Morgan fingerprint density at radius 3 is 2.23 bits per heavy atom. The highest BCUT2D eigenvalue weighted by atomic mass is 31.2.